The molecule has 0 amide bonds. The molecule has 0 bridgehead atoms. The summed E-state index contributed by atoms with van der Waals surface area (Å²) in [5.74, 6) is 0.643. The second kappa shape index (κ2) is 6.21. The molecule has 1 saturated carbocycles. The molecule has 1 aliphatic carbocycles. The highest BCUT2D eigenvalue weighted by molar-refractivity contribution is 6.32. The molecule has 3 nitrogen and oxygen atoms in total. The lowest BCUT2D eigenvalue weighted by molar-refractivity contribution is 0.0210. The van der Waals surface area contributed by atoms with Gasteiger partial charge in [-0.25, -0.2) is 0 Å². The van der Waals surface area contributed by atoms with E-state index in [1.165, 1.54) is 0 Å². The van der Waals surface area contributed by atoms with E-state index in [0.717, 1.165) is 32.0 Å². The Morgan fingerprint density at radius 1 is 1.33 bits per heavy atom. The Bertz CT molecular complexity index is 420. The maximum absolute atomic E-state index is 10.6. The molecule has 18 heavy (non-hydrogen) atoms. The van der Waals surface area contributed by atoms with Gasteiger partial charge in [0.25, 0.3) is 0 Å². The van der Waals surface area contributed by atoms with Crippen molar-refractivity contribution in [2.75, 3.05) is 7.11 Å². The molecule has 0 heterocycles. The van der Waals surface area contributed by atoms with Gasteiger partial charge in [0.05, 0.1) is 11.1 Å². The minimum atomic E-state index is 0.142. The quantitative estimate of drug-likeness (QED) is 0.784. The van der Waals surface area contributed by atoms with Gasteiger partial charge in [-0.3, -0.25) is 4.79 Å². The van der Waals surface area contributed by atoms with Crippen LogP contribution in [0.5, 0.6) is 5.75 Å². The third-order valence-electron chi connectivity index (χ3n) is 3.30. The van der Waals surface area contributed by atoms with Gasteiger partial charge in [-0.15, -0.1) is 0 Å². The maximum atomic E-state index is 10.6. The van der Waals surface area contributed by atoms with Crippen molar-refractivity contribution >= 4 is 17.9 Å². The van der Waals surface area contributed by atoms with E-state index in [1.807, 2.05) is 0 Å². The van der Waals surface area contributed by atoms with Gasteiger partial charge in [0.1, 0.15) is 18.1 Å². The zero-order valence-corrected chi connectivity index (χ0v) is 11.2. The first-order valence-electron chi connectivity index (χ1n) is 6.17. The van der Waals surface area contributed by atoms with E-state index in [9.17, 15) is 4.79 Å². The molecule has 0 N–H and O–H groups in total. The molecule has 1 aliphatic rings. The summed E-state index contributed by atoms with van der Waals surface area (Å²) in [5, 5.41) is 0.485. The molecular formula is C14H17ClO3. The van der Waals surface area contributed by atoms with Gasteiger partial charge in [-0.05, 0) is 37.5 Å². The summed E-state index contributed by atoms with van der Waals surface area (Å²) in [7, 11) is 1.74. The summed E-state index contributed by atoms with van der Waals surface area (Å²) < 4.78 is 11.3. The molecule has 2 rings (SSSR count). The number of aldehydes is 1. The fourth-order valence-electron chi connectivity index (χ4n) is 2.29. The predicted octanol–water partition coefficient (Wildman–Crippen LogP) is 3.49. The van der Waals surface area contributed by atoms with Crippen LogP contribution in [0.4, 0.5) is 0 Å². The summed E-state index contributed by atoms with van der Waals surface area (Å²) in [6, 6.07) is 5.09. The number of ether oxygens (including phenoxy) is 2. The molecule has 98 valence electrons. The second-order valence-corrected chi connectivity index (χ2v) is 4.98. The lowest BCUT2D eigenvalue weighted by Gasteiger charge is -2.28. The highest BCUT2D eigenvalue weighted by atomic mass is 35.5. The first-order chi connectivity index (χ1) is 8.72. The Morgan fingerprint density at radius 2 is 2.11 bits per heavy atom. The molecule has 2 atom stereocenters. The first kappa shape index (κ1) is 13.4. The van der Waals surface area contributed by atoms with E-state index in [1.54, 1.807) is 25.3 Å². The van der Waals surface area contributed by atoms with Crippen LogP contribution in [0, 0.1) is 0 Å². The lowest BCUT2D eigenvalue weighted by Crippen LogP contribution is -2.29. The Hall–Kier alpha value is -1.06. The first-order valence-corrected chi connectivity index (χ1v) is 6.55. The van der Waals surface area contributed by atoms with Gasteiger partial charge in [0.15, 0.2) is 0 Å². The minimum Gasteiger partial charge on any atom is -0.489 e. The molecule has 0 aliphatic heterocycles. The molecule has 0 saturated heterocycles. The Balaban J connectivity index is 2.02. The van der Waals surface area contributed by atoms with Crippen LogP contribution < -0.4 is 4.74 Å². The van der Waals surface area contributed by atoms with Crippen LogP contribution in [0.25, 0.3) is 0 Å². The van der Waals surface area contributed by atoms with E-state index in [4.69, 9.17) is 21.1 Å². The molecule has 0 aromatic heterocycles. The summed E-state index contributed by atoms with van der Waals surface area (Å²) in [5.41, 5.74) is 0.561. The van der Waals surface area contributed by atoms with Crippen LogP contribution in [0.1, 0.15) is 36.0 Å². The van der Waals surface area contributed by atoms with Crippen molar-refractivity contribution in [3.05, 3.63) is 28.8 Å². The number of halogens is 1. The number of rotatable bonds is 4. The van der Waals surface area contributed by atoms with Crippen LogP contribution in [0.3, 0.4) is 0 Å². The van der Waals surface area contributed by atoms with Gasteiger partial charge in [0, 0.05) is 19.1 Å². The smallest absolute Gasteiger partial charge is 0.150 e. The van der Waals surface area contributed by atoms with Crippen molar-refractivity contribution < 1.29 is 14.3 Å². The third kappa shape index (κ3) is 3.24. The van der Waals surface area contributed by atoms with Crippen LogP contribution in [-0.4, -0.2) is 25.6 Å². The van der Waals surface area contributed by atoms with Crippen LogP contribution >= 0.6 is 11.6 Å². The zero-order valence-electron chi connectivity index (χ0n) is 10.4. The fourth-order valence-corrected chi connectivity index (χ4v) is 2.52. The molecule has 4 heteroatoms. The molecule has 1 aromatic carbocycles. The number of hydrogen-bond acceptors (Lipinski definition) is 3. The van der Waals surface area contributed by atoms with Crippen molar-refractivity contribution in [1.82, 2.24) is 0 Å². The van der Waals surface area contributed by atoms with E-state index in [2.05, 4.69) is 0 Å². The average molecular weight is 269 g/mol. The van der Waals surface area contributed by atoms with Crippen molar-refractivity contribution in [2.24, 2.45) is 0 Å². The molecular weight excluding hydrogens is 252 g/mol. The monoisotopic (exact) mass is 268 g/mol. The van der Waals surface area contributed by atoms with Gasteiger partial charge < -0.3 is 9.47 Å². The lowest BCUT2D eigenvalue weighted by atomic mass is 9.95. The summed E-state index contributed by atoms with van der Waals surface area (Å²) in [4.78, 5) is 10.6. The predicted molar refractivity (Wildman–Crippen MR) is 70.5 cm³/mol. The average Bonchev–Trinajstić information content (AvgIpc) is 2.41. The fraction of sp³-hybridized carbons (Fsp3) is 0.500. The van der Waals surface area contributed by atoms with Crippen molar-refractivity contribution in [3.63, 3.8) is 0 Å². The summed E-state index contributed by atoms with van der Waals surface area (Å²) in [6.45, 7) is 0. The number of carbonyl (C=O) groups excluding carboxylic acids is 1. The van der Waals surface area contributed by atoms with Crippen LogP contribution in [0.15, 0.2) is 18.2 Å². The van der Waals surface area contributed by atoms with E-state index in [-0.39, 0.29) is 12.2 Å². The molecule has 2 unspecified atom stereocenters. The van der Waals surface area contributed by atoms with Crippen molar-refractivity contribution in [1.29, 1.82) is 0 Å². The van der Waals surface area contributed by atoms with Crippen molar-refractivity contribution in [3.8, 4) is 5.75 Å². The minimum absolute atomic E-state index is 0.142. The second-order valence-electron chi connectivity index (χ2n) is 4.57. The maximum Gasteiger partial charge on any atom is 0.150 e. The van der Waals surface area contributed by atoms with E-state index >= 15 is 0 Å². The molecule has 0 spiro atoms. The number of hydrogen-bond donors (Lipinski definition) is 0. The van der Waals surface area contributed by atoms with Crippen LogP contribution in [-0.2, 0) is 4.74 Å². The normalized spacial score (nSPS) is 23.7. The Kier molecular flexibility index (Phi) is 4.61. The molecule has 0 radical (unpaired) electrons. The van der Waals surface area contributed by atoms with Gasteiger partial charge in [-0.1, -0.05) is 11.6 Å². The van der Waals surface area contributed by atoms with Gasteiger partial charge in [0.2, 0.25) is 0 Å². The highest BCUT2D eigenvalue weighted by Gasteiger charge is 2.23. The summed E-state index contributed by atoms with van der Waals surface area (Å²) in [6.07, 6.45) is 5.30. The number of carbonyl (C=O) groups is 1. The van der Waals surface area contributed by atoms with Crippen molar-refractivity contribution in [2.45, 2.75) is 37.9 Å². The third-order valence-corrected chi connectivity index (χ3v) is 3.59. The Morgan fingerprint density at radius 3 is 2.78 bits per heavy atom. The molecule has 1 aromatic rings. The van der Waals surface area contributed by atoms with E-state index in [0.29, 0.717) is 16.3 Å². The highest BCUT2D eigenvalue weighted by Crippen LogP contribution is 2.30. The largest absolute Gasteiger partial charge is 0.489 e. The van der Waals surface area contributed by atoms with E-state index < -0.39 is 0 Å². The van der Waals surface area contributed by atoms with Crippen LogP contribution in [0.2, 0.25) is 5.02 Å². The van der Waals surface area contributed by atoms with Gasteiger partial charge in [-0.2, -0.15) is 0 Å². The summed E-state index contributed by atoms with van der Waals surface area (Å²) >= 11 is 6.08. The topological polar surface area (TPSA) is 35.5 Å². The standard InChI is InChI=1S/C14H17ClO3/c1-17-11-3-2-4-12(8-11)18-14-6-5-10(9-16)7-13(14)15/h5-7,9,11-12H,2-4,8H2,1H3. The number of benzene rings is 1. The SMILES string of the molecule is COC1CCCC(Oc2ccc(C=O)cc2Cl)C1. The molecule has 1 fully saturated rings. The zero-order chi connectivity index (χ0) is 13.0. The Labute approximate surface area is 112 Å². The number of methoxy groups -OCH3 is 1. The van der Waals surface area contributed by atoms with Gasteiger partial charge >= 0.3 is 0 Å².